The maximum Gasteiger partial charge on any atom is 0.262 e. The number of nitrogens with zero attached hydrogens (tertiary/aromatic N) is 1. The van der Waals surface area contributed by atoms with Gasteiger partial charge in [-0.2, -0.15) is 4.31 Å². The maximum absolute atomic E-state index is 12.6. The van der Waals surface area contributed by atoms with E-state index in [4.69, 9.17) is 4.74 Å². The van der Waals surface area contributed by atoms with Gasteiger partial charge in [0.25, 0.3) is 11.8 Å². The minimum atomic E-state index is -3.51. The molecule has 3 aromatic rings. The van der Waals surface area contributed by atoms with E-state index in [2.05, 4.69) is 10.6 Å². The molecule has 0 aliphatic carbocycles. The van der Waals surface area contributed by atoms with Gasteiger partial charge in [-0.15, -0.1) is 0 Å². The van der Waals surface area contributed by atoms with Crippen molar-refractivity contribution in [2.75, 3.05) is 30.3 Å². The topological polar surface area (TPSA) is 105 Å². The number of carbonyl (C=O) groups is 2. The summed E-state index contributed by atoms with van der Waals surface area (Å²) in [4.78, 5) is 25.2. The first-order chi connectivity index (χ1) is 16.4. The average molecular weight is 480 g/mol. The molecular formula is C25H25N3O5S. The van der Waals surface area contributed by atoms with Crippen molar-refractivity contribution in [2.45, 2.75) is 17.7 Å². The van der Waals surface area contributed by atoms with E-state index < -0.39 is 15.9 Å². The number of ether oxygens (including phenoxy) is 1. The zero-order chi connectivity index (χ0) is 24.0. The van der Waals surface area contributed by atoms with Gasteiger partial charge in [0.15, 0.2) is 6.61 Å². The van der Waals surface area contributed by atoms with Gasteiger partial charge in [-0.1, -0.05) is 30.3 Å². The number of para-hydroxylation sites is 2. The van der Waals surface area contributed by atoms with Crippen molar-refractivity contribution in [3.8, 4) is 5.75 Å². The predicted octanol–water partition coefficient (Wildman–Crippen LogP) is 3.74. The van der Waals surface area contributed by atoms with E-state index in [1.54, 1.807) is 48.5 Å². The van der Waals surface area contributed by atoms with E-state index in [1.807, 2.05) is 18.2 Å². The highest BCUT2D eigenvalue weighted by atomic mass is 32.2. The number of benzene rings is 3. The Kier molecular flexibility index (Phi) is 7.24. The minimum absolute atomic E-state index is 0.196. The number of sulfonamides is 1. The number of carbonyl (C=O) groups excluding carboxylic acids is 2. The molecule has 0 radical (unpaired) electrons. The molecular weight excluding hydrogens is 454 g/mol. The molecule has 176 valence electrons. The Balaban J connectivity index is 1.35. The van der Waals surface area contributed by atoms with Gasteiger partial charge >= 0.3 is 0 Å². The Morgan fingerprint density at radius 1 is 0.794 bits per heavy atom. The monoisotopic (exact) mass is 479 g/mol. The zero-order valence-electron chi connectivity index (χ0n) is 18.4. The third-order valence-electron chi connectivity index (χ3n) is 5.36. The zero-order valence-corrected chi connectivity index (χ0v) is 19.3. The lowest BCUT2D eigenvalue weighted by Gasteiger charge is -2.16. The molecule has 34 heavy (non-hydrogen) atoms. The normalized spacial score (nSPS) is 13.9. The van der Waals surface area contributed by atoms with Gasteiger partial charge in [-0.25, -0.2) is 8.42 Å². The lowest BCUT2D eigenvalue weighted by Crippen LogP contribution is -2.27. The highest BCUT2D eigenvalue weighted by Gasteiger charge is 2.27. The van der Waals surface area contributed by atoms with E-state index >= 15 is 0 Å². The number of rotatable bonds is 8. The summed E-state index contributed by atoms with van der Waals surface area (Å²) in [6.07, 6.45) is 1.73. The van der Waals surface area contributed by atoms with Crippen LogP contribution in [0.4, 0.5) is 11.4 Å². The molecule has 1 saturated heterocycles. The number of hydrogen-bond acceptors (Lipinski definition) is 5. The summed E-state index contributed by atoms with van der Waals surface area (Å²) in [5, 5.41) is 5.47. The Morgan fingerprint density at radius 2 is 1.41 bits per heavy atom. The van der Waals surface area contributed by atoms with Crippen molar-refractivity contribution >= 4 is 33.2 Å². The van der Waals surface area contributed by atoms with Crippen LogP contribution in [0.2, 0.25) is 0 Å². The van der Waals surface area contributed by atoms with Crippen molar-refractivity contribution in [1.29, 1.82) is 0 Å². The molecule has 9 heteroatoms. The summed E-state index contributed by atoms with van der Waals surface area (Å²) in [5.74, 6) is -0.511. The molecule has 0 aromatic heterocycles. The van der Waals surface area contributed by atoms with Crippen LogP contribution >= 0.6 is 0 Å². The molecule has 0 spiro atoms. The number of hydrogen-bond donors (Lipinski definition) is 2. The van der Waals surface area contributed by atoms with Crippen LogP contribution in [0.3, 0.4) is 0 Å². The van der Waals surface area contributed by atoms with E-state index in [9.17, 15) is 18.0 Å². The summed E-state index contributed by atoms with van der Waals surface area (Å²) < 4.78 is 32.3. The third-order valence-corrected chi connectivity index (χ3v) is 7.28. The number of nitrogens with one attached hydrogen (secondary N) is 2. The van der Waals surface area contributed by atoms with Gasteiger partial charge in [0.05, 0.1) is 10.5 Å². The minimum Gasteiger partial charge on any atom is -0.483 e. The Labute approximate surface area is 198 Å². The van der Waals surface area contributed by atoms with Crippen molar-refractivity contribution < 1.29 is 22.7 Å². The molecule has 0 bridgehead atoms. The predicted molar refractivity (Wildman–Crippen MR) is 129 cm³/mol. The van der Waals surface area contributed by atoms with Crippen molar-refractivity contribution in [3.63, 3.8) is 0 Å². The molecule has 0 unspecified atom stereocenters. The van der Waals surface area contributed by atoms with Crippen LogP contribution in [0.1, 0.15) is 23.2 Å². The Hall–Kier alpha value is -3.69. The highest BCUT2D eigenvalue weighted by Crippen LogP contribution is 2.23. The van der Waals surface area contributed by atoms with Crippen LogP contribution in [0.5, 0.6) is 5.75 Å². The van der Waals surface area contributed by atoms with Crippen LogP contribution < -0.4 is 15.4 Å². The molecule has 2 amide bonds. The first-order valence-corrected chi connectivity index (χ1v) is 12.4. The summed E-state index contributed by atoms with van der Waals surface area (Å²) in [7, 11) is -3.51. The second-order valence-corrected chi connectivity index (χ2v) is 9.73. The van der Waals surface area contributed by atoms with E-state index in [0.29, 0.717) is 30.0 Å². The standard InChI is InChI=1S/C25H25N3O5S/c29-24(26-20-12-14-21(15-13-20)34(31,32)28-16-6-7-17-28)18-33-23-11-5-4-10-22(23)25(30)27-19-8-2-1-3-9-19/h1-5,8-15H,6-7,16-18H2,(H,26,29)(H,27,30). The van der Waals surface area contributed by atoms with Gasteiger partial charge in [-0.3, -0.25) is 9.59 Å². The highest BCUT2D eigenvalue weighted by molar-refractivity contribution is 7.89. The second kappa shape index (κ2) is 10.5. The van der Waals surface area contributed by atoms with Crippen LogP contribution in [0, 0.1) is 0 Å². The van der Waals surface area contributed by atoms with Gasteiger partial charge in [-0.05, 0) is 61.4 Å². The Bertz CT molecular complexity index is 1260. The fourth-order valence-corrected chi connectivity index (χ4v) is 5.15. The summed E-state index contributed by atoms with van der Waals surface area (Å²) in [5.41, 5.74) is 1.40. The van der Waals surface area contributed by atoms with Gasteiger partial charge < -0.3 is 15.4 Å². The molecule has 1 fully saturated rings. The molecule has 0 atom stereocenters. The van der Waals surface area contributed by atoms with Gasteiger partial charge in [0, 0.05) is 24.5 Å². The SMILES string of the molecule is O=C(COc1ccccc1C(=O)Nc1ccccc1)Nc1ccc(S(=O)(=O)N2CCCC2)cc1. The second-order valence-electron chi connectivity index (χ2n) is 7.79. The lowest BCUT2D eigenvalue weighted by atomic mass is 10.2. The van der Waals surface area contributed by atoms with E-state index in [1.165, 1.54) is 16.4 Å². The molecule has 3 aromatic carbocycles. The molecule has 1 heterocycles. The van der Waals surface area contributed by atoms with Crippen LogP contribution in [0.15, 0.2) is 83.8 Å². The number of anilines is 2. The Morgan fingerprint density at radius 3 is 2.12 bits per heavy atom. The van der Waals surface area contributed by atoms with Crippen molar-refractivity contribution in [1.82, 2.24) is 4.31 Å². The summed E-state index contributed by atoms with van der Waals surface area (Å²) in [6, 6.07) is 21.7. The average Bonchev–Trinajstić information content (AvgIpc) is 3.40. The van der Waals surface area contributed by atoms with Crippen LogP contribution in [-0.4, -0.2) is 44.2 Å². The van der Waals surface area contributed by atoms with Crippen molar-refractivity contribution in [3.05, 3.63) is 84.4 Å². The lowest BCUT2D eigenvalue weighted by molar-refractivity contribution is -0.118. The smallest absolute Gasteiger partial charge is 0.262 e. The summed E-state index contributed by atoms with van der Waals surface area (Å²) in [6.45, 7) is 0.746. The van der Waals surface area contributed by atoms with Crippen LogP contribution in [0.25, 0.3) is 0 Å². The third kappa shape index (κ3) is 5.62. The molecule has 0 saturated carbocycles. The fraction of sp³-hybridized carbons (Fsp3) is 0.200. The summed E-state index contributed by atoms with van der Waals surface area (Å²) >= 11 is 0. The fourth-order valence-electron chi connectivity index (χ4n) is 3.63. The maximum atomic E-state index is 12.6. The van der Waals surface area contributed by atoms with Gasteiger partial charge in [0.1, 0.15) is 5.75 Å². The quantitative estimate of drug-likeness (QED) is 0.512. The number of amides is 2. The van der Waals surface area contributed by atoms with Crippen molar-refractivity contribution in [2.24, 2.45) is 0 Å². The molecule has 8 nitrogen and oxygen atoms in total. The van der Waals surface area contributed by atoms with Crippen LogP contribution in [-0.2, 0) is 14.8 Å². The molecule has 4 rings (SSSR count). The molecule has 1 aliphatic rings. The largest absolute Gasteiger partial charge is 0.483 e. The van der Waals surface area contributed by atoms with Gasteiger partial charge in [0.2, 0.25) is 10.0 Å². The van der Waals surface area contributed by atoms with E-state index in [-0.39, 0.29) is 23.2 Å². The molecule has 2 N–H and O–H groups in total. The first kappa shape index (κ1) is 23.5. The first-order valence-electron chi connectivity index (χ1n) is 10.9. The van der Waals surface area contributed by atoms with E-state index in [0.717, 1.165) is 12.8 Å². The molecule has 1 aliphatic heterocycles.